The molecule has 3 rings (SSSR count). The molecule has 28 heavy (non-hydrogen) atoms. The highest BCUT2D eigenvalue weighted by molar-refractivity contribution is 5.89. The minimum Gasteiger partial charge on any atom is -0.439 e. The van der Waals surface area contributed by atoms with Crippen molar-refractivity contribution in [3.05, 3.63) is 48.7 Å². The maximum absolute atomic E-state index is 12.7. The highest BCUT2D eigenvalue weighted by atomic mass is 16.5. The molecule has 150 valence electrons. The Labute approximate surface area is 165 Å². The molecular formula is C21H28N4O3. The van der Waals surface area contributed by atoms with E-state index in [2.05, 4.69) is 22.1 Å². The van der Waals surface area contributed by atoms with Gasteiger partial charge in [0.15, 0.2) is 0 Å². The Hall–Kier alpha value is -2.64. The first kappa shape index (κ1) is 20.1. The molecule has 7 nitrogen and oxygen atoms in total. The second-order valence-electron chi connectivity index (χ2n) is 7.08. The van der Waals surface area contributed by atoms with Crippen molar-refractivity contribution in [3.8, 4) is 11.6 Å². The number of para-hydroxylation sites is 1. The van der Waals surface area contributed by atoms with Crippen molar-refractivity contribution in [1.82, 2.24) is 14.8 Å². The molecule has 1 aromatic heterocycles. The Bertz CT molecular complexity index is 769. The van der Waals surface area contributed by atoms with Crippen molar-refractivity contribution < 1.29 is 14.6 Å². The second-order valence-corrected chi connectivity index (χ2v) is 7.08. The van der Waals surface area contributed by atoms with Crippen LogP contribution in [-0.2, 0) is 0 Å². The molecule has 2 atom stereocenters. The molecule has 1 aromatic carbocycles. The summed E-state index contributed by atoms with van der Waals surface area (Å²) in [7, 11) is 0. The van der Waals surface area contributed by atoms with Crippen molar-refractivity contribution in [3.63, 3.8) is 0 Å². The van der Waals surface area contributed by atoms with Crippen LogP contribution in [0.2, 0.25) is 0 Å². The third-order valence-corrected chi connectivity index (χ3v) is 4.81. The molecule has 2 N–H and O–H groups in total. The number of hydrogen-bond donors (Lipinski definition) is 2. The van der Waals surface area contributed by atoms with Gasteiger partial charge >= 0.3 is 6.03 Å². The molecule has 0 radical (unpaired) electrons. The molecule has 1 aliphatic rings. The van der Waals surface area contributed by atoms with Crippen molar-refractivity contribution in [2.24, 2.45) is 0 Å². The fourth-order valence-electron chi connectivity index (χ4n) is 3.40. The highest BCUT2D eigenvalue weighted by Crippen LogP contribution is 2.22. The summed E-state index contributed by atoms with van der Waals surface area (Å²) in [4.78, 5) is 21.0. The maximum atomic E-state index is 12.7. The van der Waals surface area contributed by atoms with Crippen molar-refractivity contribution in [2.75, 3.05) is 31.5 Å². The smallest absolute Gasteiger partial charge is 0.321 e. The van der Waals surface area contributed by atoms with Crippen LogP contribution in [0.3, 0.4) is 0 Å². The minimum atomic E-state index is -0.366. The first-order valence-corrected chi connectivity index (χ1v) is 9.72. The number of piperazine rings is 1. The van der Waals surface area contributed by atoms with E-state index in [1.165, 1.54) is 0 Å². The number of pyridine rings is 1. The van der Waals surface area contributed by atoms with E-state index in [-0.39, 0.29) is 18.2 Å². The van der Waals surface area contributed by atoms with Gasteiger partial charge in [-0.3, -0.25) is 4.90 Å². The van der Waals surface area contributed by atoms with Gasteiger partial charge in [0.25, 0.3) is 0 Å². The van der Waals surface area contributed by atoms with Crippen LogP contribution in [0.1, 0.15) is 20.3 Å². The number of urea groups is 1. The lowest BCUT2D eigenvalue weighted by Crippen LogP contribution is -2.56. The number of rotatable bonds is 6. The molecule has 2 unspecified atom stereocenters. The van der Waals surface area contributed by atoms with Crippen LogP contribution in [0.4, 0.5) is 10.5 Å². The van der Waals surface area contributed by atoms with Crippen LogP contribution in [0, 0.1) is 0 Å². The number of anilines is 1. The quantitative estimate of drug-likeness (QED) is 0.800. The Morgan fingerprint density at radius 2 is 2.11 bits per heavy atom. The van der Waals surface area contributed by atoms with E-state index in [1.54, 1.807) is 25.3 Å². The molecule has 1 fully saturated rings. The summed E-state index contributed by atoms with van der Waals surface area (Å²) < 4.78 is 5.73. The average molecular weight is 384 g/mol. The van der Waals surface area contributed by atoms with Gasteiger partial charge in [0.05, 0.1) is 6.10 Å². The van der Waals surface area contributed by atoms with E-state index in [9.17, 15) is 9.90 Å². The molecule has 0 bridgehead atoms. The van der Waals surface area contributed by atoms with E-state index in [0.717, 1.165) is 13.0 Å². The van der Waals surface area contributed by atoms with E-state index in [0.29, 0.717) is 37.0 Å². The van der Waals surface area contributed by atoms with Gasteiger partial charge in [-0.1, -0.05) is 25.1 Å². The third-order valence-electron chi connectivity index (χ3n) is 4.81. The zero-order valence-electron chi connectivity index (χ0n) is 16.4. The number of aromatic nitrogens is 1. The molecule has 2 amide bonds. The Morgan fingerprint density at radius 3 is 2.82 bits per heavy atom. The number of benzene rings is 1. The lowest BCUT2D eigenvalue weighted by Gasteiger charge is -2.41. The van der Waals surface area contributed by atoms with Gasteiger partial charge in [0, 0.05) is 50.2 Å². The predicted octanol–water partition coefficient (Wildman–Crippen LogP) is 3.18. The van der Waals surface area contributed by atoms with Gasteiger partial charge in [0.2, 0.25) is 5.88 Å². The van der Waals surface area contributed by atoms with Gasteiger partial charge in [0.1, 0.15) is 5.75 Å². The number of amides is 2. The number of carbonyl (C=O) groups is 1. The van der Waals surface area contributed by atoms with Crippen molar-refractivity contribution in [1.29, 1.82) is 0 Å². The van der Waals surface area contributed by atoms with Crippen LogP contribution in [0.15, 0.2) is 48.7 Å². The summed E-state index contributed by atoms with van der Waals surface area (Å²) in [5, 5.41) is 12.6. The lowest BCUT2D eigenvalue weighted by molar-refractivity contribution is 0.0507. The minimum absolute atomic E-state index is 0.132. The molecule has 0 aliphatic carbocycles. The normalized spacial score (nSPS) is 18.5. The summed E-state index contributed by atoms with van der Waals surface area (Å²) in [5.41, 5.74) is 0.644. The van der Waals surface area contributed by atoms with E-state index in [4.69, 9.17) is 4.74 Å². The van der Waals surface area contributed by atoms with Crippen LogP contribution >= 0.6 is 0 Å². The van der Waals surface area contributed by atoms with Gasteiger partial charge in [-0.25, -0.2) is 9.78 Å². The Kier molecular flexibility index (Phi) is 6.84. The summed E-state index contributed by atoms with van der Waals surface area (Å²) in [6, 6.07) is 13.0. The number of nitrogens with zero attached hydrogens (tertiary/aromatic N) is 3. The first-order chi connectivity index (χ1) is 13.5. The molecule has 1 saturated heterocycles. The molecule has 7 heteroatoms. The average Bonchev–Trinajstić information content (AvgIpc) is 2.69. The van der Waals surface area contributed by atoms with Crippen LogP contribution < -0.4 is 10.1 Å². The van der Waals surface area contributed by atoms with Crippen molar-refractivity contribution >= 4 is 11.7 Å². The first-order valence-electron chi connectivity index (χ1n) is 9.72. The topological polar surface area (TPSA) is 77.9 Å². The fourth-order valence-corrected chi connectivity index (χ4v) is 3.40. The molecule has 0 spiro atoms. The van der Waals surface area contributed by atoms with Gasteiger partial charge in [-0.05, 0) is 31.5 Å². The largest absolute Gasteiger partial charge is 0.439 e. The monoisotopic (exact) mass is 384 g/mol. The summed E-state index contributed by atoms with van der Waals surface area (Å²) in [6.07, 6.45) is 2.18. The number of aliphatic hydroxyl groups excluding tert-OH is 1. The van der Waals surface area contributed by atoms with E-state index >= 15 is 0 Å². The number of β-amino-alcohol motifs (C(OH)–C–C–N with tert-alkyl or cyclic N) is 1. The number of ether oxygens (including phenoxy) is 1. The fraction of sp³-hybridized carbons (Fsp3) is 0.429. The Balaban J connectivity index is 1.59. The number of hydrogen-bond acceptors (Lipinski definition) is 5. The molecule has 2 heterocycles. The number of aliphatic hydroxyl groups is 1. The molecule has 0 saturated carbocycles. The van der Waals surface area contributed by atoms with Gasteiger partial charge in [-0.2, -0.15) is 0 Å². The SMILES string of the molecule is CCC1CN(C(=O)Nc2ccnc(Oc3ccccc3)c2)CCN1CC(C)O. The van der Waals surface area contributed by atoms with Crippen molar-refractivity contribution in [2.45, 2.75) is 32.4 Å². The lowest BCUT2D eigenvalue weighted by atomic mass is 10.1. The van der Waals surface area contributed by atoms with Gasteiger partial charge < -0.3 is 20.1 Å². The maximum Gasteiger partial charge on any atom is 0.321 e. The van der Waals surface area contributed by atoms with Crippen LogP contribution in [0.25, 0.3) is 0 Å². The summed E-state index contributed by atoms with van der Waals surface area (Å²) in [5.74, 6) is 1.12. The molecule has 1 aliphatic heterocycles. The summed E-state index contributed by atoms with van der Waals surface area (Å²) >= 11 is 0. The highest BCUT2D eigenvalue weighted by Gasteiger charge is 2.29. The summed E-state index contributed by atoms with van der Waals surface area (Å²) in [6.45, 7) is 6.58. The van der Waals surface area contributed by atoms with Gasteiger partial charge in [-0.15, -0.1) is 0 Å². The zero-order chi connectivity index (χ0) is 19.9. The predicted molar refractivity (Wildman–Crippen MR) is 109 cm³/mol. The third kappa shape index (κ3) is 5.43. The second kappa shape index (κ2) is 9.52. The van der Waals surface area contributed by atoms with Crippen LogP contribution in [-0.4, -0.2) is 64.2 Å². The van der Waals surface area contributed by atoms with E-state index in [1.807, 2.05) is 35.2 Å². The number of carbonyl (C=O) groups excluding carboxylic acids is 1. The Morgan fingerprint density at radius 1 is 1.32 bits per heavy atom. The standard InChI is InChI=1S/C21H28N4O3/c1-3-18-15-25(12-11-24(18)14-16(2)26)21(27)23-17-9-10-22-20(13-17)28-19-7-5-4-6-8-19/h4-10,13,16,18,26H,3,11-12,14-15H2,1-2H3,(H,22,23,27). The number of nitrogens with one attached hydrogen (secondary N) is 1. The molecular weight excluding hydrogens is 356 g/mol. The molecule has 2 aromatic rings. The van der Waals surface area contributed by atoms with E-state index < -0.39 is 0 Å². The van der Waals surface area contributed by atoms with Crippen LogP contribution in [0.5, 0.6) is 11.6 Å². The zero-order valence-corrected chi connectivity index (χ0v) is 16.4.